The van der Waals surface area contributed by atoms with E-state index in [4.69, 9.17) is 0 Å². The lowest BCUT2D eigenvalue weighted by Crippen LogP contribution is -2.17. The van der Waals surface area contributed by atoms with Crippen LogP contribution >= 0.6 is 11.8 Å². The Bertz CT molecular complexity index is 698. The Morgan fingerprint density at radius 2 is 1.74 bits per heavy atom. The maximum Gasteiger partial charge on any atom is 0.226 e. The van der Waals surface area contributed by atoms with Crippen LogP contribution in [-0.4, -0.2) is 17.4 Å². The van der Waals surface area contributed by atoms with E-state index in [1.54, 1.807) is 42.5 Å². The second-order valence-corrected chi connectivity index (χ2v) is 6.38. The molecule has 23 heavy (non-hydrogen) atoms. The van der Waals surface area contributed by atoms with E-state index in [9.17, 15) is 14.0 Å². The van der Waals surface area contributed by atoms with E-state index < -0.39 is 0 Å². The van der Waals surface area contributed by atoms with Crippen LogP contribution in [0.5, 0.6) is 0 Å². The van der Waals surface area contributed by atoms with E-state index in [2.05, 4.69) is 5.32 Å². The molecule has 0 fully saturated rings. The summed E-state index contributed by atoms with van der Waals surface area (Å²) in [5.41, 5.74) is 1.19. The Balaban J connectivity index is 1.95. The zero-order chi connectivity index (χ0) is 16.8. The van der Waals surface area contributed by atoms with Crippen molar-refractivity contribution in [1.29, 1.82) is 0 Å². The fourth-order valence-corrected chi connectivity index (χ4v) is 2.65. The predicted molar refractivity (Wildman–Crippen MR) is 91.4 cm³/mol. The largest absolute Gasteiger partial charge is 0.326 e. The summed E-state index contributed by atoms with van der Waals surface area (Å²) in [5.74, 6) is -0.414. The van der Waals surface area contributed by atoms with Crippen molar-refractivity contribution in [2.45, 2.75) is 18.7 Å². The van der Waals surface area contributed by atoms with Crippen LogP contribution in [0.25, 0.3) is 0 Å². The van der Waals surface area contributed by atoms with Gasteiger partial charge >= 0.3 is 0 Å². The third-order valence-corrected chi connectivity index (χ3v) is 4.24. The summed E-state index contributed by atoms with van der Waals surface area (Å²) >= 11 is 1.17. The minimum Gasteiger partial charge on any atom is -0.326 e. The van der Waals surface area contributed by atoms with E-state index >= 15 is 0 Å². The third-order valence-electron chi connectivity index (χ3n) is 3.19. The molecular formula is C18H18FNO2S. The van der Waals surface area contributed by atoms with Gasteiger partial charge in [-0.1, -0.05) is 26.0 Å². The molecule has 120 valence electrons. The van der Waals surface area contributed by atoms with Crippen LogP contribution in [0.1, 0.15) is 24.2 Å². The van der Waals surface area contributed by atoms with Crippen molar-refractivity contribution in [2.24, 2.45) is 5.92 Å². The summed E-state index contributed by atoms with van der Waals surface area (Å²) in [6.45, 7) is 3.63. The highest BCUT2D eigenvalue weighted by molar-refractivity contribution is 8.00. The van der Waals surface area contributed by atoms with E-state index in [-0.39, 0.29) is 29.2 Å². The molecule has 0 heterocycles. The van der Waals surface area contributed by atoms with E-state index in [1.165, 1.54) is 17.8 Å². The molecule has 0 saturated carbocycles. The fourth-order valence-electron chi connectivity index (χ4n) is 1.81. The van der Waals surface area contributed by atoms with Crippen molar-refractivity contribution in [3.8, 4) is 0 Å². The van der Waals surface area contributed by atoms with Gasteiger partial charge in [0.15, 0.2) is 5.78 Å². The van der Waals surface area contributed by atoms with Crippen LogP contribution in [0.15, 0.2) is 53.4 Å². The van der Waals surface area contributed by atoms with Crippen molar-refractivity contribution in [2.75, 3.05) is 11.1 Å². The highest BCUT2D eigenvalue weighted by atomic mass is 32.2. The van der Waals surface area contributed by atoms with Gasteiger partial charge in [-0.2, -0.15) is 0 Å². The number of ketones is 1. The average Bonchev–Trinajstić information content (AvgIpc) is 2.54. The number of hydrogen-bond acceptors (Lipinski definition) is 3. The molecule has 0 bridgehead atoms. The minimum absolute atomic E-state index is 0.0702. The van der Waals surface area contributed by atoms with Gasteiger partial charge in [0.25, 0.3) is 0 Å². The molecule has 3 nitrogen and oxygen atoms in total. The topological polar surface area (TPSA) is 46.2 Å². The van der Waals surface area contributed by atoms with Crippen LogP contribution in [0.4, 0.5) is 10.1 Å². The molecular weight excluding hydrogens is 313 g/mol. The summed E-state index contributed by atoms with van der Waals surface area (Å²) in [7, 11) is 0. The third kappa shape index (κ3) is 4.93. The monoisotopic (exact) mass is 331 g/mol. The van der Waals surface area contributed by atoms with Gasteiger partial charge in [0.2, 0.25) is 5.91 Å². The number of carbonyl (C=O) groups excluding carboxylic acids is 2. The molecule has 0 aliphatic carbocycles. The maximum atomic E-state index is 13.5. The molecule has 2 rings (SSSR count). The van der Waals surface area contributed by atoms with Crippen molar-refractivity contribution >= 4 is 29.1 Å². The number of benzene rings is 2. The minimum atomic E-state index is -0.322. The highest BCUT2D eigenvalue weighted by Gasteiger charge is 2.10. The Morgan fingerprint density at radius 1 is 1.09 bits per heavy atom. The first-order valence-corrected chi connectivity index (χ1v) is 8.27. The van der Waals surface area contributed by atoms with Gasteiger partial charge in [0.1, 0.15) is 5.82 Å². The van der Waals surface area contributed by atoms with Crippen molar-refractivity contribution in [1.82, 2.24) is 0 Å². The Morgan fingerprint density at radius 3 is 2.35 bits per heavy atom. The number of amides is 1. The second kappa shape index (κ2) is 7.92. The van der Waals surface area contributed by atoms with Gasteiger partial charge in [-0.05, 0) is 36.4 Å². The number of halogens is 1. The van der Waals surface area contributed by atoms with Gasteiger partial charge in [-0.3, -0.25) is 9.59 Å². The number of thioether (sulfide) groups is 1. The molecule has 1 N–H and O–H groups in total. The fraction of sp³-hybridized carbons (Fsp3) is 0.222. The Kier molecular flexibility index (Phi) is 5.93. The van der Waals surface area contributed by atoms with Gasteiger partial charge in [-0.25, -0.2) is 4.39 Å². The van der Waals surface area contributed by atoms with Gasteiger partial charge in [0, 0.05) is 22.1 Å². The number of anilines is 1. The number of carbonyl (C=O) groups is 2. The van der Waals surface area contributed by atoms with Gasteiger partial charge in [-0.15, -0.1) is 11.8 Å². The lowest BCUT2D eigenvalue weighted by molar-refractivity contribution is -0.118. The molecule has 0 saturated heterocycles. The lowest BCUT2D eigenvalue weighted by Gasteiger charge is -2.08. The lowest BCUT2D eigenvalue weighted by atomic mass is 10.1. The Labute approximate surface area is 139 Å². The molecule has 1 amide bonds. The first kappa shape index (κ1) is 17.2. The molecule has 0 unspecified atom stereocenters. The maximum absolute atomic E-state index is 13.5. The smallest absolute Gasteiger partial charge is 0.226 e. The number of rotatable bonds is 6. The van der Waals surface area contributed by atoms with Gasteiger partial charge in [0.05, 0.1) is 5.75 Å². The van der Waals surface area contributed by atoms with Crippen LogP contribution in [0.3, 0.4) is 0 Å². The molecule has 0 aliphatic rings. The first-order valence-electron chi connectivity index (χ1n) is 7.29. The molecule has 2 aromatic rings. The van der Waals surface area contributed by atoms with E-state index in [0.29, 0.717) is 16.1 Å². The number of hydrogen-bond donors (Lipinski definition) is 1. The molecule has 0 aliphatic heterocycles. The summed E-state index contributed by atoms with van der Waals surface area (Å²) in [4.78, 5) is 24.2. The first-order chi connectivity index (χ1) is 11.0. The Hall–Kier alpha value is -2.14. The molecule has 0 atom stereocenters. The average molecular weight is 331 g/mol. The van der Waals surface area contributed by atoms with Crippen molar-refractivity contribution < 1.29 is 14.0 Å². The molecule has 0 radical (unpaired) electrons. The van der Waals surface area contributed by atoms with E-state index in [1.807, 2.05) is 13.8 Å². The SMILES string of the molecule is CC(C)C(=O)Nc1ccc(C(=O)CSc2ccccc2F)cc1. The van der Waals surface area contributed by atoms with Crippen LogP contribution in [-0.2, 0) is 4.79 Å². The zero-order valence-corrected chi connectivity index (χ0v) is 13.8. The normalized spacial score (nSPS) is 10.6. The zero-order valence-electron chi connectivity index (χ0n) is 13.0. The highest BCUT2D eigenvalue weighted by Crippen LogP contribution is 2.22. The standard InChI is InChI=1S/C18H18FNO2S/c1-12(2)18(22)20-14-9-7-13(8-10-14)16(21)11-23-17-6-4-3-5-15(17)19/h3-10,12H,11H2,1-2H3,(H,20,22). The summed E-state index contributed by atoms with van der Waals surface area (Å²) < 4.78 is 13.5. The number of Topliss-reactive ketones (excluding diaryl/α,β-unsaturated/α-hetero) is 1. The molecule has 0 aromatic heterocycles. The molecule has 0 spiro atoms. The van der Waals surface area contributed by atoms with Crippen LogP contribution in [0, 0.1) is 11.7 Å². The second-order valence-electron chi connectivity index (χ2n) is 5.36. The molecule has 2 aromatic carbocycles. The van der Waals surface area contributed by atoms with E-state index in [0.717, 1.165) is 0 Å². The summed E-state index contributed by atoms with van der Waals surface area (Å²) in [5, 5.41) is 2.77. The van der Waals surface area contributed by atoms with Crippen LogP contribution < -0.4 is 5.32 Å². The summed E-state index contributed by atoms with van der Waals surface area (Å²) in [6, 6.07) is 13.1. The summed E-state index contributed by atoms with van der Waals surface area (Å²) in [6.07, 6.45) is 0. The molecule has 5 heteroatoms. The van der Waals surface area contributed by atoms with Crippen molar-refractivity contribution in [3.05, 3.63) is 59.9 Å². The quantitative estimate of drug-likeness (QED) is 0.630. The van der Waals surface area contributed by atoms with Crippen LogP contribution in [0.2, 0.25) is 0 Å². The predicted octanol–water partition coefficient (Wildman–Crippen LogP) is 4.40. The van der Waals surface area contributed by atoms with Crippen molar-refractivity contribution in [3.63, 3.8) is 0 Å². The van der Waals surface area contributed by atoms with Gasteiger partial charge < -0.3 is 5.32 Å². The number of nitrogens with one attached hydrogen (secondary N) is 1.